The lowest BCUT2D eigenvalue weighted by Crippen LogP contribution is -1.90. The molecule has 0 unspecified atom stereocenters. The molecule has 2 N–H and O–H groups in total. The summed E-state index contributed by atoms with van der Waals surface area (Å²) < 4.78 is 5.25. The van der Waals surface area contributed by atoms with Crippen molar-refractivity contribution >= 4 is 28.9 Å². The molecule has 1 aromatic heterocycles. The van der Waals surface area contributed by atoms with Gasteiger partial charge in [-0.2, -0.15) is 4.98 Å². The van der Waals surface area contributed by atoms with Crippen LogP contribution < -0.4 is 5.73 Å². The van der Waals surface area contributed by atoms with E-state index in [1.165, 1.54) is 0 Å². The molecule has 0 aliphatic rings. The minimum atomic E-state index is 0.385. The van der Waals surface area contributed by atoms with E-state index in [2.05, 4.69) is 10.1 Å². The number of nitrogens with zero attached hydrogens (tertiary/aromatic N) is 2. The second-order valence-electron chi connectivity index (χ2n) is 4.53. The molecular weight excluding hydrogens is 309 g/mol. The maximum atomic E-state index is 6.13. The highest BCUT2D eigenvalue weighted by Gasteiger charge is 2.15. The van der Waals surface area contributed by atoms with E-state index in [1.807, 2.05) is 24.3 Å². The van der Waals surface area contributed by atoms with Crippen LogP contribution in [0.4, 0.5) is 5.69 Å². The molecule has 6 heteroatoms. The number of rotatable bonds is 3. The third-order valence-corrected chi connectivity index (χ3v) is 3.62. The fourth-order valence-electron chi connectivity index (χ4n) is 1.95. The lowest BCUT2D eigenvalue weighted by molar-refractivity contribution is 0.385. The Morgan fingerprint density at radius 1 is 1.00 bits per heavy atom. The summed E-state index contributed by atoms with van der Waals surface area (Å²) >= 11 is 12.3. The summed E-state index contributed by atoms with van der Waals surface area (Å²) in [4.78, 5) is 4.34. The van der Waals surface area contributed by atoms with Crippen LogP contribution in [-0.4, -0.2) is 10.1 Å². The summed E-state index contributed by atoms with van der Waals surface area (Å²) in [6.07, 6.45) is 0.523. The molecule has 3 rings (SSSR count). The highest BCUT2D eigenvalue weighted by molar-refractivity contribution is 6.38. The van der Waals surface area contributed by atoms with E-state index in [0.717, 1.165) is 5.56 Å². The van der Waals surface area contributed by atoms with Crippen molar-refractivity contribution in [3.8, 4) is 11.4 Å². The van der Waals surface area contributed by atoms with Gasteiger partial charge < -0.3 is 10.3 Å². The normalized spacial score (nSPS) is 10.8. The van der Waals surface area contributed by atoms with Gasteiger partial charge in [0.1, 0.15) is 0 Å². The van der Waals surface area contributed by atoms with Crippen molar-refractivity contribution in [2.24, 2.45) is 0 Å². The Hall–Kier alpha value is -2.04. The third-order valence-electron chi connectivity index (χ3n) is 2.99. The Balaban J connectivity index is 1.88. The van der Waals surface area contributed by atoms with E-state index in [9.17, 15) is 0 Å². The van der Waals surface area contributed by atoms with Gasteiger partial charge in [0, 0.05) is 5.69 Å². The fourth-order valence-corrected chi connectivity index (χ4v) is 2.52. The van der Waals surface area contributed by atoms with Crippen LogP contribution in [0, 0.1) is 0 Å². The molecule has 1 heterocycles. The van der Waals surface area contributed by atoms with Gasteiger partial charge in [0.2, 0.25) is 11.7 Å². The van der Waals surface area contributed by atoms with Crippen LogP contribution in [0.15, 0.2) is 47.0 Å². The minimum Gasteiger partial charge on any atom is -0.399 e. The molecule has 106 valence electrons. The molecule has 0 amide bonds. The molecule has 0 saturated heterocycles. The van der Waals surface area contributed by atoms with Gasteiger partial charge in [-0.3, -0.25) is 0 Å². The first-order valence-corrected chi connectivity index (χ1v) is 7.00. The Bertz CT molecular complexity index is 749. The van der Waals surface area contributed by atoms with Crippen LogP contribution >= 0.6 is 23.2 Å². The van der Waals surface area contributed by atoms with Gasteiger partial charge >= 0.3 is 0 Å². The number of nitrogens with two attached hydrogens (primary N) is 1. The van der Waals surface area contributed by atoms with Gasteiger partial charge in [-0.15, -0.1) is 0 Å². The Kier molecular flexibility index (Phi) is 3.82. The van der Waals surface area contributed by atoms with Gasteiger partial charge in [0.15, 0.2) is 0 Å². The Labute approximate surface area is 131 Å². The first-order chi connectivity index (χ1) is 10.1. The van der Waals surface area contributed by atoms with Gasteiger partial charge in [0.25, 0.3) is 0 Å². The van der Waals surface area contributed by atoms with E-state index >= 15 is 0 Å². The number of nitrogen functional groups attached to an aromatic ring is 1. The molecular formula is C15H11Cl2N3O. The zero-order valence-corrected chi connectivity index (χ0v) is 12.4. The van der Waals surface area contributed by atoms with Crippen LogP contribution in [0.25, 0.3) is 11.4 Å². The first kappa shape index (κ1) is 13.9. The summed E-state index contributed by atoms with van der Waals surface area (Å²) in [7, 11) is 0. The molecule has 0 bridgehead atoms. The maximum Gasteiger partial charge on any atom is 0.231 e. The number of hydrogen-bond acceptors (Lipinski definition) is 4. The summed E-state index contributed by atoms with van der Waals surface area (Å²) in [6.45, 7) is 0. The predicted molar refractivity (Wildman–Crippen MR) is 83.4 cm³/mol. The largest absolute Gasteiger partial charge is 0.399 e. The molecule has 21 heavy (non-hydrogen) atoms. The molecule has 3 aromatic rings. The van der Waals surface area contributed by atoms with Crippen molar-refractivity contribution < 1.29 is 4.52 Å². The van der Waals surface area contributed by atoms with Gasteiger partial charge in [-0.25, -0.2) is 0 Å². The lowest BCUT2D eigenvalue weighted by Gasteiger charge is -2.00. The summed E-state index contributed by atoms with van der Waals surface area (Å²) in [5, 5.41) is 4.92. The fraction of sp³-hybridized carbons (Fsp3) is 0.0667. The molecule has 2 aromatic carbocycles. The van der Waals surface area contributed by atoms with Crippen molar-refractivity contribution in [2.45, 2.75) is 6.42 Å². The Morgan fingerprint density at radius 2 is 1.67 bits per heavy atom. The summed E-state index contributed by atoms with van der Waals surface area (Å²) in [6, 6.07) is 12.7. The van der Waals surface area contributed by atoms with Gasteiger partial charge in [0.05, 0.1) is 22.0 Å². The van der Waals surface area contributed by atoms with Crippen LogP contribution in [-0.2, 0) is 6.42 Å². The predicted octanol–water partition coefficient (Wildman–Crippen LogP) is 4.22. The van der Waals surface area contributed by atoms with Gasteiger partial charge in [-0.05, 0) is 29.8 Å². The quantitative estimate of drug-likeness (QED) is 0.734. The van der Waals surface area contributed by atoms with Crippen LogP contribution in [0.1, 0.15) is 11.5 Å². The van der Waals surface area contributed by atoms with Gasteiger partial charge in [-0.1, -0.05) is 46.6 Å². The topological polar surface area (TPSA) is 64.9 Å². The molecule has 0 aliphatic heterocycles. The second kappa shape index (κ2) is 5.76. The number of aromatic nitrogens is 2. The van der Waals surface area contributed by atoms with E-state index < -0.39 is 0 Å². The molecule has 0 atom stereocenters. The molecule has 4 nitrogen and oxygen atoms in total. The third kappa shape index (κ3) is 3.01. The van der Waals surface area contributed by atoms with E-state index in [1.54, 1.807) is 18.2 Å². The smallest absolute Gasteiger partial charge is 0.231 e. The average molecular weight is 320 g/mol. The SMILES string of the molecule is Nc1ccc(Cc2nc(-c3c(Cl)cccc3Cl)no2)cc1. The summed E-state index contributed by atoms with van der Waals surface area (Å²) in [5.74, 6) is 0.877. The number of hydrogen-bond donors (Lipinski definition) is 1. The maximum absolute atomic E-state index is 6.13. The van der Waals surface area contributed by atoms with E-state index in [4.69, 9.17) is 33.5 Å². The average Bonchev–Trinajstić information content (AvgIpc) is 2.89. The van der Waals surface area contributed by atoms with Crippen molar-refractivity contribution in [2.75, 3.05) is 5.73 Å². The molecule has 0 radical (unpaired) electrons. The zero-order valence-electron chi connectivity index (χ0n) is 10.9. The van der Waals surface area contributed by atoms with Crippen molar-refractivity contribution in [3.63, 3.8) is 0 Å². The lowest BCUT2D eigenvalue weighted by atomic mass is 10.1. The monoisotopic (exact) mass is 319 g/mol. The molecule has 0 fully saturated rings. The highest BCUT2D eigenvalue weighted by atomic mass is 35.5. The zero-order chi connectivity index (χ0) is 14.8. The number of halogens is 2. The van der Waals surface area contributed by atoms with E-state index in [-0.39, 0.29) is 0 Å². The van der Waals surface area contributed by atoms with Crippen molar-refractivity contribution in [3.05, 3.63) is 64.0 Å². The highest BCUT2D eigenvalue weighted by Crippen LogP contribution is 2.32. The standard InChI is InChI=1S/C15H11Cl2N3O/c16-11-2-1-3-12(17)14(11)15-19-13(21-20-15)8-9-4-6-10(18)7-5-9/h1-7H,8,18H2. The van der Waals surface area contributed by atoms with Crippen molar-refractivity contribution in [1.82, 2.24) is 10.1 Å². The second-order valence-corrected chi connectivity index (χ2v) is 5.34. The first-order valence-electron chi connectivity index (χ1n) is 6.25. The molecule has 0 aliphatic carbocycles. The number of anilines is 1. The van der Waals surface area contributed by atoms with Crippen LogP contribution in [0.3, 0.4) is 0 Å². The van der Waals surface area contributed by atoms with Crippen LogP contribution in [0.5, 0.6) is 0 Å². The van der Waals surface area contributed by atoms with Crippen molar-refractivity contribution in [1.29, 1.82) is 0 Å². The minimum absolute atomic E-state index is 0.385. The Morgan fingerprint density at radius 3 is 2.33 bits per heavy atom. The number of benzene rings is 2. The van der Waals surface area contributed by atoms with E-state index in [0.29, 0.717) is 39.4 Å². The molecule has 0 saturated carbocycles. The van der Waals surface area contributed by atoms with Crippen LogP contribution in [0.2, 0.25) is 10.0 Å². The molecule has 0 spiro atoms. The summed E-state index contributed by atoms with van der Waals surface area (Å²) in [5.41, 5.74) is 7.98.